The topological polar surface area (TPSA) is 35.5 Å². The van der Waals surface area contributed by atoms with E-state index in [-0.39, 0.29) is 0 Å². The third-order valence-corrected chi connectivity index (χ3v) is 3.10. The summed E-state index contributed by atoms with van der Waals surface area (Å²) in [4.78, 5) is 11.6. The number of halogens is 1. The molecule has 0 spiro atoms. The van der Waals surface area contributed by atoms with Gasteiger partial charge in [-0.05, 0) is 29.3 Å². The fourth-order valence-corrected chi connectivity index (χ4v) is 1.95. The van der Waals surface area contributed by atoms with Gasteiger partial charge in [-0.15, -0.1) is 11.6 Å². The Morgan fingerprint density at radius 3 is 2.50 bits per heavy atom. The molecule has 2 aromatic carbocycles. The van der Waals surface area contributed by atoms with Crippen molar-refractivity contribution in [2.45, 2.75) is 12.5 Å². The van der Waals surface area contributed by atoms with Crippen LogP contribution in [0.25, 0.3) is 0 Å². The van der Waals surface area contributed by atoms with Gasteiger partial charge >= 0.3 is 5.97 Å². The van der Waals surface area contributed by atoms with E-state index in [9.17, 15) is 4.79 Å². The summed E-state index contributed by atoms with van der Waals surface area (Å²) in [6, 6.07) is 15.0. The maximum Gasteiger partial charge on any atom is 0.337 e. The van der Waals surface area contributed by atoms with E-state index in [1.54, 1.807) is 12.1 Å². The van der Waals surface area contributed by atoms with Crippen LogP contribution in [-0.2, 0) is 17.2 Å². The molecule has 3 nitrogen and oxygen atoms in total. The molecule has 0 atom stereocenters. The minimum absolute atomic E-state index is 0.312. The van der Waals surface area contributed by atoms with Crippen molar-refractivity contribution in [3.8, 4) is 5.75 Å². The summed E-state index contributed by atoms with van der Waals surface area (Å²) in [6.45, 7) is 0.438. The molecule has 2 rings (SSSR count). The number of alkyl halides is 1. The number of ether oxygens (including phenoxy) is 2. The first kappa shape index (κ1) is 14.4. The summed E-state index contributed by atoms with van der Waals surface area (Å²) in [6.07, 6.45) is 0. The van der Waals surface area contributed by atoms with Crippen molar-refractivity contribution in [1.29, 1.82) is 0 Å². The van der Waals surface area contributed by atoms with E-state index in [1.165, 1.54) is 7.11 Å². The van der Waals surface area contributed by atoms with Gasteiger partial charge in [0.15, 0.2) is 0 Å². The van der Waals surface area contributed by atoms with Gasteiger partial charge in [-0.25, -0.2) is 4.79 Å². The lowest BCUT2D eigenvalue weighted by Gasteiger charge is -2.09. The highest BCUT2D eigenvalue weighted by molar-refractivity contribution is 6.17. The van der Waals surface area contributed by atoms with Gasteiger partial charge in [-0.3, -0.25) is 0 Å². The molecule has 0 unspecified atom stereocenters. The molecule has 2 aromatic rings. The normalized spacial score (nSPS) is 10.1. The third kappa shape index (κ3) is 3.75. The highest BCUT2D eigenvalue weighted by atomic mass is 35.5. The van der Waals surface area contributed by atoms with Gasteiger partial charge in [0.05, 0.1) is 12.7 Å². The number of methoxy groups -OCH3 is 1. The van der Waals surface area contributed by atoms with Crippen molar-refractivity contribution in [2.24, 2.45) is 0 Å². The molecule has 104 valence electrons. The standard InChI is InChI=1S/C16H15ClO3/c1-19-16(18)14-7-13(10-17)8-15(9-14)20-11-12-5-3-2-4-6-12/h2-9H,10-11H2,1H3. The average molecular weight is 291 g/mol. The number of rotatable bonds is 5. The lowest BCUT2D eigenvalue weighted by Crippen LogP contribution is -2.03. The number of hydrogen-bond donors (Lipinski definition) is 0. The van der Waals surface area contributed by atoms with Crippen LogP contribution in [0, 0.1) is 0 Å². The molecule has 0 fully saturated rings. The molecule has 0 saturated heterocycles. The van der Waals surface area contributed by atoms with E-state index in [0.717, 1.165) is 11.1 Å². The summed E-state index contributed by atoms with van der Waals surface area (Å²) >= 11 is 5.83. The molecule has 0 aromatic heterocycles. The Morgan fingerprint density at radius 1 is 1.10 bits per heavy atom. The van der Waals surface area contributed by atoms with Crippen molar-refractivity contribution in [3.63, 3.8) is 0 Å². The van der Waals surface area contributed by atoms with E-state index in [4.69, 9.17) is 21.1 Å². The Hall–Kier alpha value is -2.00. The molecule has 20 heavy (non-hydrogen) atoms. The molecule has 0 saturated carbocycles. The first-order valence-electron chi connectivity index (χ1n) is 6.18. The van der Waals surface area contributed by atoms with Gasteiger partial charge in [-0.1, -0.05) is 30.3 Å². The maximum atomic E-state index is 11.6. The highest BCUT2D eigenvalue weighted by Gasteiger charge is 2.09. The van der Waals surface area contributed by atoms with E-state index >= 15 is 0 Å². The van der Waals surface area contributed by atoms with Crippen molar-refractivity contribution in [3.05, 3.63) is 65.2 Å². The van der Waals surface area contributed by atoms with E-state index < -0.39 is 5.97 Å². The average Bonchev–Trinajstić information content (AvgIpc) is 2.52. The zero-order valence-electron chi connectivity index (χ0n) is 11.1. The third-order valence-electron chi connectivity index (χ3n) is 2.79. The van der Waals surface area contributed by atoms with Crippen molar-refractivity contribution in [2.75, 3.05) is 7.11 Å². The molecular formula is C16H15ClO3. The predicted molar refractivity (Wildman–Crippen MR) is 78.1 cm³/mol. The molecule has 0 heterocycles. The summed E-state index contributed by atoms with van der Waals surface area (Å²) in [7, 11) is 1.35. The number of benzene rings is 2. The van der Waals surface area contributed by atoms with E-state index in [1.807, 2.05) is 36.4 Å². The molecule has 0 N–H and O–H groups in total. The molecule has 0 radical (unpaired) electrons. The first-order valence-corrected chi connectivity index (χ1v) is 6.71. The first-order chi connectivity index (χ1) is 9.72. The maximum absolute atomic E-state index is 11.6. The van der Waals surface area contributed by atoms with Gasteiger partial charge in [0, 0.05) is 5.88 Å². The van der Waals surface area contributed by atoms with E-state index in [0.29, 0.717) is 23.8 Å². The highest BCUT2D eigenvalue weighted by Crippen LogP contribution is 2.20. The monoisotopic (exact) mass is 290 g/mol. The van der Waals surface area contributed by atoms with Crippen LogP contribution in [0.3, 0.4) is 0 Å². The van der Waals surface area contributed by atoms with Crippen LogP contribution in [0.5, 0.6) is 5.75 Å². The molecule has 0 aliphatic rings. The molecule has 0 amide bonds. The zero-order chi connectivity index (χ0) is 14.4. The Balaban J connectivity index is 2.16. The molecule has 0 aliphatic heterocycles. The van der Waals surface area contributed by atoms with Crippen molar-refractivity contribution < 1.29 is 14.3 Å². The van der Waals surface area contributed by atoms with Crippen LogP contribution in [0.4, 0.5) is 0 Å². The zero-order valence-corrected chi connectivity index (χ0v) is 11.9. The predicted octanol–water partition coefficient (Wildman–Crippen LogP) is 3.79. The lowest BCUT2D eigenvalue weighted by atomic mass is 10.1. The van der Waals surface area contributed by atoms with Crippen LogP contribution in [0.15, 0.2) is 48.5 Å². The van der Waals surface area contributed by atoms with E-state index in [2.05, 4.69) is 0 Å². The summed E-state index contributed by atoms with van der Waals surface area (Å²) in [5.41, 5.74) is 2.31. The number of carbonyl (C=O) groups excluding carboxylic acids is 1. The Labute approximate surface area is 123 Å². The van der Waals surface area contributed by atoms with Crippen LogP contribution in [0.2, 0.25) is 0 Å². The smallest absolute Gasteiger partial charge is 0.337 e. The molecular weight excluding hydrogens is 276 g/mol. The number of hydrogen-bond acceptors (Lipinski definition) is 3. The molecule has 0 aliphatic carbocycles. The Bertz CT molecular complexity index is 582. The minimum atomic E-state index is -0.401. The second-order valence-corrected chi connectivity index (χ2v) is 4.53. The Morgan fingerprint density at radius 2 is 1.85 bits per heavy atom. The van der Waals surface area contributed by atoms with Gasteiger partial charge < -0.3 is 9.47 Å². The fourth-order valence-electron chi connectivity index (χ4n) is 1.80. The summed E-state index contributed by atoms with van der Waals surface area (Å²) in [5, 5.41) is 0. The Kier molecular flexibility index (Phi) is 5.02. The quantitative estimate of drug-likeness (QED) is 0.621. The number of esters is 1. The summed E-state index contributed by atoms with van der Waals surface area (Å²) in [5.74, 6) is 0.515. The van der Waals surface area contributed by atoms with Crippen LogP contribution in [-0.4, -0.2) is 13.1 Å². The van der Waals surface area contributed by atoms with Gasteiger partial charge in [-0.2, -0.15) is 0 Å². The van der Waals surface area contributed by atoms with Crippen molar-refractivity contribution in [1.82, 2.24) is 0 Å². The van der Waals surface area contributed by atoms with Gasteiger partial charge in [0.2, 0.25) is 0 Å². The number of carbonyl (C=O) groups is 1. The second-order valence-electron chi connectivity index (χ2n) is 4.27. The largest absolute Gasteiger partial charge is 0.489 e. The SMILES string of the molecule is COC(=O)c1cc(CCl)cc(OCc2ccccc2)c1. The van der Waals surface area contributed by atoms with Gasteiger partial charge in [0.25, 0.3) is 0 Å². The molecule has 0 bridgehead atoms. The molecule has 4 heteroatoms. The van der Waals surface area contributed by atoms with Crippen LogP contribution in [0.1, 0.15) is 21.5 Å². The van der Waals surface area contributed by atoms with Crippen LogP contribution < -0.4 is 4.74 Å². The van der Waals surface area contributed by atoms with Gasteiger partial charge in [0.1, 0.15) is 12.4 Å². The summed E-state index contributed by atoms with van der Waals surface area (Å²) < 4.78 is 10.4. The second kappa shape index (κ2) is 6.96. The van der Waals surface area contributed by atoms with Crippen molar-refractivity contribution >= 4 is 17.6 Å². The lowest BCUT2D eigenvalue weighted by molar-refractivity contribution is 0.0600. The minimum Gasteiger partial charge on any atom is -0.489 e. The fraction of sp³-hybridized carbons (Fsp3) is 0.188. The van der Waals surface area contributed by atoms with Crippen LogP contribution >= 0.6 is 11.6 Å².